The number of nitrogens with two attached hydrogens (primary N) is 1. The molecule has 0 spiro atoms. The summed E-state index contributed by atoms with van der Waals surface area (Å²) >= 11 is 0. The van der Waals surface area contributed by atoms with E-state index in [1.165, 1.54) is 23.7 Å². The Balaban J connectivity index is 2.62. The summed E-state index contributed by atoms with van der Waals surface area (Å²) in [4.78, 5) is 11.4. The lowest BCUT2D eigenvalue weighted by molar-refractivity contribution is 0.527. The molecule has 0 bridgehead atoms. The van der Waals surface area contributed by atoms with Gasteiger partial charge in [-0.1, -0.05) is 6.92 Å². The molecule has 3 N–H and O–H groups in total. The van der Waals surface area contributed by atoms with Crippen LogP contribution in [0.5, 0.6) is 0 Å². The normalized spacial score (nSPS) is 12.1. The minimum absolute atomic E-state index is 0.0136. The van der Waals surface area contributed by atoms with E-state index >= 15 is 0 Å². The Morgan fingerprint density at radius 1 is 1.42 bits per heavy atom. The van der Waals surface area contributed by atoms with Crippen molar-refractivity contribution in [2.45, 2.75) is 18.2 Å². The first-order valence-corrected chi connectivity index (χ1v) is 7.24. The first-order chi connectivity index (χ1) is 8.86. The molecular weight excluding hydrogens is 270 g/mol. The second kappa shape index (κ2) is 4.71. The van der Waals surface area contributed by atoms with E-state index in [1.54, 1.807) is 0 Å². The van der Waals surface area contributed by atoms with E-state index in [2.05, 4.69) is 4.72 Å². The number of oxazole rings is 1. The molecule has 8 heteroatoms. The number of nitrogens with zero attached hydrogens (tertiary/aromatic N) is 1. The van der Waals surface area contributed by atoms with Gasteiger partial charge in [0, 0.05) is 19.7 Å². The van der Waals surface area contributed by atoms with Gasteiger partial charge in [0.05, 0.1) is 10.6 Å². The van der Waals surface area contributed by atoms with Gasteiger partial charge < -0.3 is 10.2 Å². The van der Waals surface area contributed by atoms with E-state index in [9.17, 15) is 13.2 Å². The van der Waals surface area contributed by atoms with Gasteiger partial charge in [-0.3, -0.25) is 4.57 Å². The highest BCUT2D eigenvalue weighted by molar-refractivity contribution is 7.89. The van der Waals surface area contributed by atoms with E-state index < -0.39 is 15.8 Å². The molecule has 7 nitrogen and oxygen atoms in total. The van der Waals surface area contributed by atoms with Gasteiger partial charge in [0.2, 0.25) is 10.0 Å². The van der Waals surface area contributed by atoms with Crippen LogP contribution in [-0.4, -0.2) is 19.5 Å². The highest BCUT2D eigenvalue weighted by atomic mass is 32.2. The maximum absolute atomic E-state index is 12.0. The lowest BCUT2D eigenvalue weighted by Crippen LogP contribution is -2.24. The van der Waals surface area contributed by atoms with Gasteiger partial charge in [-0.05, 0) is 12.5 Å². The Bertz CT molecular complexity index is 773. The Kier molecular flexibility index (Phi) is 3.38. The van der Waals surface area contributed by atoms with Crippen LogP contribution in [0, 0.1) is 0 Å². The summed E-state index contributed by atoms with van der Waals surface area (Å²) < 4.78 is 32.6. The number of aryl methyl sites for hydroxylation is 1. The van der Waals surface area contributed by atoms with Crippen molar-refractivity contribution in [3.63, 3.8) is 0 Å². The zero-order valence-corrected chi connectivity index (χ0v) is 11.5. The monoisotopic (exact) mass is 285 g/mol. The van der Waals surface area contributed by atoms with Crippen molar-refractivity contribution in [2.24, 2.45) is 7.05 Å². The van der Waals surface area contributed by atoms with Gasteiger partial charge in [0.15, 0.2) is 5.58 Å². The van der Waals surface area contributed by atoms with Gasteiger partial charge in [-0.2, -0.15) is 0 Å². The van der Waals surface area contributed by atoms with Crippen LogP contribution < -0.4 is 16.2 Å². The highest BCUT2D eigenvalue weighted by Crippen LogP contribution is 2.24. The summed E-state index contributed by atoms with van der Waals surface area (Å²) in [6, 6.07) is 2.61. The van der Waals surface area contributed by atoms with Crippen LogP contribution in [0.15, 0.2) is 26.2 Å². The molecule has 0 saturated heterocycles. The molecule has 104 valence electrons. The molecule has 2 aromatic rings. The number of benzene rings is 1. The van der Waals surface area contributed by atoms with Gasteiger partial charge in [0.1, 0.15) is 5.52 Å². The predicted octanol–water partition coefficient (Wildman–Crippen LogP) is 0.402. The third kappa shape index (κ3) is 2.36. The van der Waals surface area contributed by atoms with Crippen molar-refractivity contribution >= 4 is 26.8 Å². The number of fused-ring (bicyclic) bond motifs is 1. The van der Waals surface area contributed by atoms with Crippen LogP contribution in [0.25, 0.3) is 11.1 Å². The molecule has 0 amide bonds. The van der Waals surface area contributed by atoms with Crippen molar-refractivity contribution in [1.29, 1.82) is 0 Å². The number of anilines is 1. The fraction of sp³-hybridized carbons (Fsp3) is 0.364. The van der Waals surface area contributed by atoms with Crippen molar-refractivity contribution in [3.05, 3.63) is 22.7 Å². The summed E-state index contributed by atoms with van der Waals surface area (Å²) in [5.41, 5.74) is 6.51. The molecule has 0 fully saturated rings. The Morgan fingerprint density at radius 3 is 2.74 bits per heavy atom. The van der Waals surface area contributed by atoms with Crippen molar-refractivity contribution in [3.8, 4) is 0 Å². The SMILES string of the molecule is CCCNS(=O)(=O)c1cc(N)c2c(c1)oc(=O)n2C. The number of hydrogen-bond acceptors (Lipinski definition) is 5. The van der Waals surface area contributed by atoms with Gasteiger partial charge >= 0.3 is 5.76 Å². The molecule has 0 aliphatic carbocycles. The van der Waals surface area contributed by atoms with E-state index in [0.29, 0.717) is 18.5 Å². The van der Waals surface area contributed by atoms with Gasteiger partial charge in [0.25, 0.3) is 0 Å². The van der Waals surface area contributed by atoms with Crippen LogP contribution in [-0.2, 0) is 17.1 Å². The number of nitrogens with one attached hydrogen (secondary N) is 1. The number of sulfonamides is 1. The zero-order chi connectivity index (χ0) is 14.2. The van der Waals surface area contributed by atoms with E-state index in [-0.39, 0.29) is 16.2 Å². The molecule has 0 aliphatic rings. The molecule has 1 heterocycles. The summed E-state index contributed by atoms with van der Waals surface area (Å²) in [6.45, 7) is 2.19. The third-order valence-corrected chi connectivity index (χ3v) is 4.18. The first kappa shape index (κ1) is 13.6. The molecule has 2 rings (SSSR count). The smallest absolute Gasteiger partial charge is 0.408 e. The summed E-state index contributed by atoms with van der Waals surface area (Å²) in [7, 11) is -2.13. The van der Waals surface area contributed by atoms with Crippen molar-refractivity contribution in [2.75, 3.05) is 12.3 Å². The molecule has 0 saturated carbocycles. The van der Waals surface area contributed by atoms with Gasteiger partial charge in [-0.15, -0.1) is 0 Å². The predicted molar refractivity (Wildman–Crippen MR) is 71.3 cm³/mol. The van der Waals surface area contributed by atoms with E-state index in [4.69, 9.17) is 10.2 Å². The average Bonchev–Trinajstić information content (AvgIpc) is 2.63. The average molecular weight is 285 g/mol. The molecule has 19 heavy (non-hydrogen) atoms. The highest BCUT2D eigenvalue weighted by Gasteiger charge is 2.18. The molecule has 0 unspecified atom stereocenters. The van der Waals surface area contributed by atoms with E-state index in [0.717, 1.165) is 0 Å². The Morgan fingerprint density at radius 2 is 2.11 bits per heavy atom. The standard InChI is InChI=1S/C11H15N3O4S/c1-3-4-13-19(16,17)7-5-8(12)10-9(6-7)18-11(15)14(10)2/h5-6,13H,3-4,12H2,1-2H3. The Hall–Kier alpha value is -1.80. The minimum atomic E-state index is -3.64. The summed E-state index contributed by atoms with van der Waals surface area (Å²) in [6.07, 6.45) is 0.678. The zero-order valence-electron chi connectivity index (χ0n) is 10.6. The van der Waals surface area contributed by atoms with E-state index in [1.807, 2.05) is 6.92 Å². The van der Waals surface area contributed by atoms with Crippen molar-refractivity contribution in [1.82, 2.24) is 9.29 Å². The number of rotatable bonds is 4. The van der Waals surface area contributed by atoms with Crippen LogP contribution in [0.2, 0.25) is 0 Å². The second-order valence-corrected chi connectivity index (χ2v) is 5.95. The van der Waals surface area contributed by atoms with Crippen LogP contribution in [0.1, 0.15) is 13.3 Å². The number of hydrogen-bond donors (Lipinski definition) is 2. The lowest BCUT2D eigenvalue weighted by Gasteiger charge is -2.07. The van der Waals surface area contributed by atoms with Crippen LogP contribution in [0.4, 0.5) is 5.69 Å². The topological polar surface area (TPSA) is 107 Å². The Labute approximate surface area is 110 Å². The minimum Gasteiger partial charge on any atom is -0.408 e. The summed E-state index contributed by atoms with van der Waals surface area (Å²) in [5, 5.41) is 0. The van der Waals surface area contributed by atoms with Gasteiger partial charge in [-0.25, -0.2) is 17.9 Å². The molecule has 0 aliphatic heterocycles. The van der Waals surface area contributed by atoms with Crippen LogP contribution in [0.3, 0.4) is 0 Å². The number of aromatic nitrogens is 1. The summed E-state index contributed by atoms with van der Waals surface area (Å²) in [5.74, 6) is -0.585. The van der Waals surface area contributed by atoms with Crippen molar-refractivity contribution < 1.29 is 12.8 Å². The maximum Gasteiger partial charge on any atom is 0.419 e. The first-order valence-electron chi connectivity index (χ1n) is 5.75. The maximum atomic E-state index is 12.0. The third-order valence-electron chi connectivity index (χ3n) is 2.74. The number of nitrogen functional groups attached to an aromatic ring is 1. The molecule has 0 atom stereocenters. The largest absolute Gasteiger partial charge is 0.419 e. The quantitative estimate of drug-likeness (QED) is 0.791. The molecule has 0 radical (unpaired) electrons. The van der Waals surface area contributed by atoms with Crippen LogP contribution >= 0.6 is 0 Å². The fourth-order valence-electron chi connectivity index (χ4n) is 1.77. The second-order valence-electron chi connectivity index (χ2n) is 4.18. The molecular formula is C11H15N3O4S. The molecule has 1 aromatic heterocycles. The fourth-order valence-corrected chi connectivity index (χ4v) is 2.95. The molecule has 1 aromatic carbocycles. The lowest BCUT2D eigenvalue weighted by atomic mass is 10.3.